The van der Waals surface area contributed by atoms with E-state index in [1.54, 1.807) is 41.6 Å². The van der Waals surface area contributed by atoms with Gasteiger partial charge < -0.3 is 33.2 Å². The molecule has 1 aliphatic carbocycles. The molecule has 8 nitrogen and oxygen atoms in total. The van der Waals surface area contributed by atoms with Crippen molar-refractivity contribution in [1.29, 1.82) is 0 Å². The van der Waals surface area contributed by atoms with Gasteiger partial charge in [0.2, 0.25) is 11.5 Å². The predicted octanol–water partition coefficient (Wildman–Crippen LogP) is 5.16. The summed E-state index contributed by atoms with van der Waals surface area (Å²) in [6.45, 7) is 0. The van der Waals surface area contributed by atoms with E-state index < -0.39 is 5.92 Å². The zero-order valence-electron chi connectivity index (χ0n) is 22.0. The van der Waals surface area contributed by atoms with Crippen LogP contribution in [0.2, 0.25) is 0 Å². The van der Waals surface area contributed by atoms with Crippen molar-refractivity contribution >= 4 is 11.9 Å². The molecule has 37 heavy (non-hydrogen) atoms. The van der Waals surface area contributed by atoms with E-state index in [-0.39, 0.29) is 5.78 Å². The quantitative estimate of drug-likeness (QED) is 0.368. The Kier molecular flexibility index (Phi) is 7.47. The number of fused-ring (bicyclic) bond motifs is 1. The zero-order chi connectivity index (χ0) is 26.7. The fraction of sp³-hybridized carbons (Fsp3) is 0.276. The fourth-order valence-corrected chi connectivity index (χ4v) is 4.74. The topological polar surface area (TPSA) is 81.7 Å². The van der Waals surface area contributed by atoms with Gasteiger partial charge in [0, 0.05) is 22.6 Å². The lowest BCUT2D eigenvalue weighted by atomic mass is 9.87. The van der Waals surface area contributed by atoms with Gasteiger partial charge in [-0.15, -0.1) is 0 Å². The third-order valence-corrected chi connectivity index (χ3v) is 6.43. The van der Waals surface area contributed by atoms with Crippen molar-refractivity contribution in [2.75, 3.05) is 49.8 Å². The maximum Gasteiger partial charge on any atom is 0.203 e. The van der Waals surface area contributed by atoms with Crippen LogP contribution in [0.5, 0.6) is 40.2 Å². The molecule has 0 radical (unpaired) electrons. The molecule has 194 valence electrons. The van der Waals surface area contributed by atoms with Gasteiger partial charge in [-0.05, 0) is 47.5 Å². The lowest BCUT2D eigenvalue weighted by molar-refractivity contribution is 0.103. The number of ketones is 1. The molecule has 4 rings (SSSR count). The molecule has 0 amide bonds. The second-order valence-electron chi connectivity index (χ2n) is 8.20. The van der Waals surface area contributed by atoms with Crippen molar-refractivity contribution in [2.45, 2.75) is 5.92 Å². The molecule has 0 saturated carbocycles. The number of Topliss-reactive ketones (excluding diaryl/α,β-unsaturated/α-hetero) is 1. The third kappa shape index (κ3) is 4.39. The molecule has 1 aliphatic rings. The first-order chi connectivity index (χ1) is 18.0. The number of hydrogen-bond acceptors (Lipinski definition) is 8. The summed E-state index contributed by atoms with van der Waals surface area (Å²) < 4.78 is 39.0. The first kappa shape index (κ1) is 25.8. The number of rotatable bonds is 9. The van der Waals surface area contributed by atoms with Crippen LogP contribution in [0.1, 0.15) is 33.0 Å². The van der Waals surface area contributed by atoms with Gasteiger partial charge in [-0.2, -0.15) is 0 Å². The summed E-state index contributed by atoms with van der Waals surface area (Å²) in [6.07, 6.45) is 1.87. The molecular formula is C29H30O8. The molecule has 0 aromatic heterocycles. The minimum atomic E-state index is -0.520. The Labute approximate surface area is 216 Å². The number of ether oxygens (including phenoxy) is 7. The molecule has 0 N–H and O–H groups in total. The lowest BCUT2D eigenvalue weighted by Gasteiger charge is -2.21. The Bertz CT molecular complexity index is 1320. The smallest absolute Gasteiger partial charge is 0.203 e. The first-order valence-electron chi connectivity index (χ1n) is 11.5. The highest BCUT2D eigenvalue weighted by atomic mass is 16.5. The number of hydrogen-bond donors (Lipinski definition) is 0. The number of carbonyl (C=O) groups excluding carboxylic acids is 1. The summed E-state index contributed by atoms with van der Waals surface area (Å²) in [5, 5.41) is 0. The summed E-state index contributed by atoms with van der Waals surface area (Å²) in [5.41, 5.74) is 3.27. The highest BCUT2D eigenvalue weighted by Gasteiger charge is 2.41. The van der Waals surface area contributed by atoms with Crippen LogP contribution >= 0.6 is 0 Å². The molecule has 0 aliphatic heterocycles. The highest BCUT2D eigenvalue weighted by Crippen LogP contribution is 2.55. The molecule has 3 aromatic rings. The molecule has 1 atom stereocenters. The Hall–Kier alpha value is -4.33. The Morgan fingerprint density at radius 1 is 0.622 bits per heavy atom. The molecule has 0 spiro atoms. The molecule has 3 aromatic carbocycles. The summed E-state index contributed by atoms with van der Waals surface area (Å²) in [7, 11) is 10.9. The van der Waals surface area contributed by atoms with Crippen LogP contribution in [-0.2, 0) is 0 Å². The van der Waals surface area contributed by atoms with Crippen LogP contribution < -0.4 is 33.2 Å². The molecule has 8 heteroatoms. The average Bonchev–Trinajstić information content (AvgIpc) is 3.21. The number of allylic oxidation sites excluding steroid dienone is 1. The zero-order valence-corrected chi connectivity index (χ0v) is 22.0. The molecule has 1 unspecified atom stereocenters. The lowest BCUT2D eigenvalue weighted by Crippen LogP contribution is -2.06. The standard InChI is InChI=1S/C29H30O8/c1-31-18-10-8-16(9-11-18)12-19-24(17-13-21(32-2)27(35-5)22(14-17)33-3)25-20(26(19)30)15-23(34-4)28(36-6)29(25)37-7/h8-15,24H,1-7H3/b19-12-. The summed E-state index contributed by atoms with van der Waals surface area (Å²) in [6, 6.07) is 12.9. The van der Waals surface area contributed by atoms with Gasteiger partial charge in [0.1, 0.15) is 5.75 Å². The van der Waals surface area contributed by atoms with Crippen LogP contribution in [-0.4, -0.2) is 55.6 Å². The number of methoxy groups -OCH3 is 7. The van der Waals surface area contributed by atoms with Crippen molar-refractivity contribution in [1.82, 2.24) is 0 Å². The normalized spacial score (nSPS) is 15.3. The number of carbonyl (C=O) groups is 1. The van der Waals surface area contributed by atoms with Crippen LogP contribution in [0.3, 0.4) is 0 Å². The van der Waals surface area contributed by atoms with E-state index in [4.69, 9.17) is 33.2 Å². The average molecular weight is 507 g/mol. The van der Waals surface area contributed by atoms with Crippen molar-refractivity contribution < 1.29 is 38.0 Å². The van der Waals surface area contributed by atoms with E-state index >= 15 is 0 Å². The van der Waals surface area contributed by atoms with E-state index in [0.717, 1.165) is 16.9 Å². The second-order valence-corrected chi connectivity index (χ2v) is 8.20. The molecule has 0 saturated heterocycles. The Morgan fingerprint density at radius 3 is 1.65 bits per heavy atom. The van der Waals surface area contributed by atoms with Crippen molar-refractivity contribution in [2.24, 2.45) is 0 Å². The van der Waals surface area contributed by atoms with Crippen LogP contribution in [0, 0.1) is 0 Å². The molecule has 0 fully saturated rings. The van der Waals surface area contributed by atoms with E-state index in [0.29, 0.717) is 51.2 Å². The van der Waals surface area contributed by atoms with Gasteiger partial charge >= 0.3 is 0 Å². The maximum atomic E-state index is 13.9. The van der Waals surface area contributed by atoms with E-state index in [1.807, 2.05) is 42.5 Å². The maximum absolute atomic E-state index is 13.9. The van der Waals surface area contributed by atoms with Crippen LogP contribution in [0.4, 0.5) is 0 Å². The molecule has 0 heterocycles. The van der Waals surface area contributed by atoms with Gasteiger partial charge in [-0.25, -0.2) is 0 Å². The van der Waals surface area contributed by atoms with E-state index in [9.17, 15) is 4.79 Å². The van der Waals surface area contributed by atoms with Crippen molar-refractivity contribution in [3.05, 3.63) is 70.3 Å². The van der Waals surface area contributed by atoms with Gasteiger partial charge in [0.25, 0.3) is 0 Å². The minimum absolute atomic E-state index is 0.149. The molecular weight excluding hydrogens is 476 g/mol. The van der Waals surface area contributed by atoms with Gasteiger partial charge in [-0.3, -0.25) is 4.79 Å². The van der Waals surface area contributed by atoms with E-state index in [2.05, 4.69) is 0 Å². The minimum Gasteiger partial charge on any atom is -0.497 e. The Balaban J connectivity index is 2.04. The largest absolute Gasteiger partial charge is 0.497 e. The van der Waals surface area contributed by atoms with Crippen LogP contribution in [0.15, 0.2) is 48.0 Å². The predicted molar refractivity (Wildman–Crippen MR) is 139 cm³/mol. The van der Waals surface area contributed by atoms with Crippen molar-refractivity contribution in [3.63, 3.8) is 0 Å². The molecule has 0 bridgehead atoms. The van der Waals surface area contributed by atoms with Crippen LogP contribution in [0.25, 0.3) is 6.08 Å². The Morgan fingerprint density at radius 2 is 1.16 bits per heavy atom. The van der Waals surface area contributed by atoms with Gasteiger partial charge in [0.15, 0.2) is 28.8 Å². The third-order valence-electron chi connectivity index (χ3n) is 6.43. The van der Waals surface area contributed by atoms with Gasteiger partial charge in [0.05, 0.1) is 49.8 Å². The van der Waals surface area contributed by atoms with E-state index in [1.165, 1.54) is 14.2 Å². The summed E-state index contributed by atoms with van der Waals surface area (Å²) >= 11 is 0. The number of benzene rings is 3. The summed E-state index contributed by atoms with van der Waals surface area (Å²) in [4.78, 5) is 13.9. The monoisotopic (exact) mass is 506 g/mol. The van der Waals surface area contributed by atoms with Gasteiger partial charge in [-0.1, -0.05) is 12.1 Å². The highest BCUT2D eigenvalue weighted by molar-refractivity contribution is 6.18. The fourth-order valence-electron chi connectivity index (χ4n) is 4.74. The first-order valence-corrected chi connectivity index (χ1v) is 11.5. The second kappa shape index (κ2) is 10.7. The summed E-state index contributed by atoms with van der Waals surface area (Å²) in [5.74, 6) is 2.68. The van der Waals surface area contributed by atoms with Crippen molar-refractivity contribution in [3.8, 4) is 40.2 Å². The SMILES string of the molecule is COc1ccc(/C=C2\C(=O)c3cc(OC)c(OC)c(OC)c3C2c2cc(OC)c(OC)c(OC)c2)cc1.